The summed E-state index contributed by atoms with van der Waals surface area (Å²) in [6.07, 6.45) is 0. The second-order valence-electron chi connectivity index (χ2n) is 2.09. The SMILES string of the molecule is CC.CN1CCNC(=O)C1. The van der Waals surface area contributed by atoms with Gasteiger partial charge in [-0.3, -0.25) is 9.69 Å². The van der Waals surface area contributed by atoms with Crippen LogP contribution < -0.4 is 5.32 Å². The van der Waals surface area contributed by atoms with Gasteiger partial charge in [-0.15, -0.1) is 0 Å². The molecule has 0 radical (unpaired) electrons. The predicted molar refractivity (Wildman–Crippen MR) is 41.9 cm³/mol. The molecule has 1 heterocycles. The molecule has 0 unspecified atom stereocenters. The number of piperazine rings is 1. The van der Waals surface area contributed by atoms with E-state index in [4.69, 9.17) is 0 Å². The van der Waals surface area contributed by atoms with Crippen LogP contribution in [0.2, 0.25) is 0 Å². The largest absolute Gasteiger partial charge is 0.354 e. The molecule has 10 heavy (non-hydrogen) atoms. The lowest BCUT2D eigenvalue weighted by Crippen LogP contribution is -2.45. The van der Waals surface area contributed by atoms with Gasteiger partial charge in [-0.25, -0.2) is 0 Å². The smallest absolute Gasteiger partial charge is 0.234 e. The van der Waals surface area contributed by atoms with E-state index in [1.54, 1.807) is 0 Å². The number of nitrogens with zero attached hydrogens (tertiary/aromatic N) is 1. The number of hydrogen-bond acceptors (Lipinski definition) is 2. The van der Waals surface area contributed by atoms with Crippen LogP contribution in [0, 0.1) is 0 Å². The maximum absolute atomic E-state index is 10.5. The highest BCUT2D eigenvalue weighted by Crippen LogP contribution is 1.85. The van der Waals surface area contributed by atoms with Gasteiger partial charge in [-0.2, -0.15) is 0 Å². The van der Waals surface area contributed by atoms with Gasteiger partial charge in [0.2, 0.25) is 5.91 Å². The lowest BCUT2D eigenvalue weighted by molar-refractivity contribution is -0.123. The molecule has 3 nitrogen and oxygen atoms in total. The minimum Gasteiger partial charge on any atom is -0.354 e. The summed E-state index contributed by atoms with van der Waals surface area (Å²) in [6, 6.07) is 0. The summed E-state index contributed by atoms with van der Waals surface area (Å²) in [4.78, 5) is 12.5. The summed E-state index contributed by atoms with van der Waals surface area (Å²) in [6.45, 7) is 6.33. The highest BCUT2D eigenvalue weighted by atomic mass is 16.2. The molecule has 0 aliphatic carbocycles. The lowest BCUT2D eigenvalue weighted by Gasteiger charge is -2.21. The third kappa shape index (κ3) is 3.45. The summed E-state index contributed by atoms with van der Waals surface area (Å²) in [5.41, 5.74) is 0. The average molecular weight is 144 g/mol. The van der Waals surface area contributed by atoms with E-state index >= 15 is 0 Å². The molecule has 1 saturated heterocycles. The average Bonchev–Trinajstić information content (AvgIpc) is 1.91. The first-order valence-electron chi connectivity index (χ1n) is 3.74. The number of carbonyl (C=O) groups is 1. The zero-order chi connectivity index (χ0) is 7.98. The van der Waals surface area contributed by atoms with Gasteiger partial charge in [0.25, 0.3) is 0 Å². The highest BCUT2D eigenvalue weighted by molar-refractivity contribution is 5.78. The van der Waals surface area contributed by atoms with Crippen molar-refractivity contribution in [1.82, 2.24) is 10.2 Å². The molecule has 1 amide bonds. The Balaban J connectivity index is 0.000000371. The Bertz CT molecular complexity index is 104. The first-order chi connectivity index (χ1) is 4.79. The molecule has 0 atom stereocenters. The monoisotopic (exact) mass is 144 g/mol. The van der Waals surface area contributed by atoms with Gasteiger partial charge >= 0.3 is 0 Å². The Hall–Kier alpha value is -0.570. The normalized spacial score (nSPS) is 18.9. The van der Waals surface area contributed by atoms with E-state index in [2.05, 4.69) is 5.32 Å². The van der Waals surface area contributed by atoms with Crippen LogP contribution in [0.4, 0.5) is 0 Å². The number of rotatable bonds is 0. The summed E-state index contributed by atoms with van der Waals surface area (Å²) >= 11 is 0. The maximum Gasteiger partial charge on any atom is 0.234 e. The van der Waals surface area contributed by atoms with Crippen molar-refractivity contribution in [2.24, 2.45) is 0 Å². The third-order valence-electron chi connectivity index (χ3n) is 1.23. The number of carbonyl (C=O) groups excluding carboxylic acids is 1. The molecule has 0 aromatic rings. The maximum atomic E-state index is 10.5. The molecule has 1 N–H and O–H groups in total. The number of nitrogens with one attached hydrogen (secondary N) is 1. The highest BCUT2D eigenvalue weighted by Gasteiger charge is 2.10. The van der Waals surface area contributed by atoms with Gasteiger partial charge in [0.05, 0.1) is 6.54 Å². The molecule has 0 aromatic carbocycles. The van der Waals surface area contributed by atoms with E-state index in [9.17, 15) is 4.79 Å². The Morgan fingerprint density at radius 2 is 2.10 bits per heavy atom. The lowest BCUT2D eigenvalue weighted by atomic mass is 10.4. The molecular weight excluding hydrogens is 128 g/mol. The van der Waals surface area contributed by atoms with E-state index in [-0.39, 0.29) is 5.91 Å². The van der Waals surface area contributed by atoms with Crippen molar-refractivity contribution >= 4 is 5.91 Å². The van der Waals surface area contributed by atoms with Gasteiger partial charge in [-0.1, -0.05) is 13.8 Å². The molecule has 1 rings (SSSR count). The van der Waals surface area contributed by atoms with Gasteiger partial charge in [0.1, 0.15) is 0 Å². The summed E-state index contributed by atoms with van der Waals surface area (Å²) < 4.78 is 0. The zero-order valence-corrected chi connectivity index (χ0v) is 6.98. The number of hydrogen-bond donors (Lipinski definition) is 1. The van der Waals surface area contributed by atoms with Gasteiger partial charge in [0.15, 0.2) is 0 Å². The Kier molecular flexibility index (Phi) is 4.94. The fraction of sp³-hybridized carbons (Fsp3) is 0.857. The second-order valence-corrected chi connectivity index (χ2v) is 2.09. The molecule has 1 aliphatic heterocycles. The van der Waals surface area contributed by atoms with Crippen LogP contribution in [0.3, 0.4) is 0 Å². The summed E-state index contributed by atoms with van der Waals surface area (Å²) in [7, 11) is 1.94. The zero-order valence-electron chi connectivity index (χ0n) is 6.98. The molecule has 1 aliphatic rings. The first-order valence-corrected chi connectivity index (χ1v) is 3.74. The van der Waals surface area contributed by atoms with E-state index < -0.39 is 0 Å². The molecule has 0 bridgehead atoms. The van der Waals surface area contributed by atoms with Crippen molar-refractivity contribution < 1.29 is 4.79 Å². The van der Waals surface area contributed by atoms with Crippen LogP contribution in [-0.4, -0.2) is 37.5 Å². The fourth-order valence-corrected chi connectivity index (χ4v) is 0.766. The van der Waals surface area contributed by atoms with Gasteiger partial charge in [-0.05, 0) is 7.05 Å². The summed E-state index contributed by atoms with van der Waals surface area (Å²) in [5, 5.41) is 2.73. The van der Waals surface area contributed by atoms with E-state index in [1.165, 1.54) is 0 Å². The summed E-state index contributed by atoms with van der Waals surface area (Å²) in [5.74, 6) is 0.138. The van der Waals surface area contributed by atoms with Crippen molar-refractivity contribution in [2.75, 3.05) is 26.7 Å². The molecule has 0 saturated carbocycles. The van der Waals surface area contributed by atoms with Crippen LogP contribution in [-0.2, 0) is 4.79 Å². The molecule has 1 fully saturated rings. The van der Waals surface area contributed by atoms with Gasteiger partial charge < -0.3 is 5.32 Å². The topological polar surface area (TPSA) is 32.3 Å². The van der Waals surface area contributed by atoms with E-state index in [0.717, 1.165) is 13.1 Å². The van der Waals surface area contributed by atoms with Crippen molar-refractivity contribution in [2.45, 2.75) is 13.8 Å². The quantitative estimate of drug-likeness (QED) is 0.522. The second kappa shape index (κ2) is 5.23. The van der Waals surface area contributed by atoms with E-state index in [1.807, 2.05) is 25.8 Å². The minimum atomic E-state index is 0.138. The van der Waals surface area contributed by atoms with Crippen molar-refractivity contribution in [1.29, 1.82) is 0 Å². The molecule has 0 spiro atoms. The van der Waals surface area contributed by atoms with E-state index in [0.29, 0.717) is 6.54 Å². The van der Waals surface area contributed by atoms with Crippen LogP contribution in [0.25, 0.3) is 0 Å². The Labute approximate surface area is 62.4 Å². The number of likely N-dealkylation sites (N-methyl/N-ethyl adjacent to an activating group) is 1. The standard InChI is InChI=1S/C5H10N2O.C2H6/c1-7-3-2-6-5(8)4-7;1-2/h2-4H2,1H3,(H,6,8);1-2H3. The van der Waals surface area contributed by atoms with Crippen LogP contribution in [0.5, 0.6) is 0 Å². The Morgan fingerprint density at radius 3 is 2.40 bits per heavy atom. The fourth-order valence-electron chi connectivity index (χ4n) is 0.766. The van der Waals surface area contributed by atoms with Crippen LogP contribution >= 0.6 is 0 Å². The predicted octanol–water partition coefficient (Wildman–Crippen LogP) is 0.0742. The van der Waals surface area contributed by atoms with Crippen molar-refractivity contribution in [3.63, 3.8) is 0 Å². The van der Waals surface area contributed by atoms with Crippen LogP contribution in [0.15, 0.2) is 0 Å². The molecule has 3 heteroatoms. The van der Waals surface area contributed by atoms with Crippen molar-refractivity contribution in [3.05, 3.63) is 0 Å². The minimum absolute atomic E-state index is 0.138. The molecule has 0 aromatic heterocycles. The molecule has 60 valence electrons. The number of amides is 1. The van der Waals surface area contributed by atoms with Crippen LogP contribution in [0.1, 0.15) is 13.8 Å². The third-order valence-corrected chi connectivity index (χ3v) is 1.23. The molecular formula is C7H16N2O. The first kappa shape index (κ1) is 9.43. The Morgan fingerprint density at radius 1 is 1.50 bits per heavy atom. The van der Waals surface area contributed by atoms with Crippen molar-refractivity contribution in [3.8, 4) is 0 Å². The van der Waals surface area contributed by atoms with Gasteiger partial charge in [0, 0.05) is 13.1 Å².